The van der Waals surface area contributed by atoms with E-state index in [1.165, 1.54) is 16.3 Å². The van der Waals surface area contributed by atoms with Crippen LogP contribution in [0.25, 0.3) is 11.0 Å². The molecule has 146 valence electrons. The van der Waals surface area contributed by atoms with Gasteiger partial charge in [-0.15, -0.1) is 26.9 Å². The van der Waals surface area contributed by atoms with Gasteiger partial charge < -0.3 is 0 Å². The van der Waals surface area contributed by atoms with Gasteiger partial charge in [0.2, 0.25) is 5.13 Å². The Hall–Kier alpha value is -2.75. The second kappa shape index (κ2) is 7.25. The third kappa shape index (κ3) is 3.31. The largest absolute Gasteiger partial charge is 0.271 e. The predicted octanol–water partition coefficient (Wildman–Crippen LogP) is 3.50. The molecule has 4 aromatic rings. The summed E-state index contributed by atoms with van der Waals surface area (Å²) in [5.41, 5.74) is 5.65. The fraction of sp³-hybridized carbons (Fsp3) is 0.167. The third-order valence-corrected chi connectivity index (χ3v) is 6.12. The first-order valence-electron chi connectivity index (χ1n) is 8.70. The number of β-lactam (4-membered cyclic amide) rings is 1. The van der Waals surface area contributed by atoms with E-state index in [1.54, 1.807) is 16.8 Å². The maximum atomic E-state index is 12.3. The number of nitrogens with zero attached hydrogens (tertiary/aromatic N) is 6. The van der Waals surface area contributed by atoms with Crippen LogP contribution in [0.15, 0.2) is 48.5 Å². The van der Waals surface area contributed by atoms with Gasteiger partial charge in [0.25, 0.3) is 5.91 Å². The zero-order valence-corrected chi connectivity index (χ0v) is 17.1. The number of alkyl halides is 1. The molecule has 0 radical (unpaired) electrons. The minimum atomic E-state index is -0.641. The van der Waals surface area contributed by atoms with Crippen LogP contribution >= 0.6 is 34.5 Å². The Morgan fingerprint density at radius 3 is 2.69 bits per heavy atom. The van der Waals surface area contributed by atoms with Gasteiger partial charge in [-0.1, -0.05) is 52.4 Å². The van der Waals surface area contributed by atoms with Gasteiger partial charge in [-0.05, 0) is 29.8 Å². The van der Waals surface area contributed by atoms with Gasteiger partial charge >= 0.3 is 0 Å². The highest BCUT2D eigenvalue weighted by Gasteiger charge is 2.48. The highest BCUT2D eigenvalue weighted by atomic mass is 35.5. The van der Waals surface area contributed by atoms with Gasteiger partial charge in [0, 0.05) is 5.02 Å². The quantitative estimate of drug-likeness (QED) is 0.373. The van der Waals surface area contributed by atoms with Crippen LogP contribution < -0.4 is 5.43 Å². The Bertz CT molecular complexity index is 1190. The van der Waals surface area contributed by atoms with Crippen molar-refractivity contribution in [2.45, 2.75) is 18.0 Å². The summed E-state index contributed by atoms with van der Waals surface area (Å²) in [6.07, 6.45) is 0. The summed E-state index contributed by atoms with van der Waals surface area (Å²) < 4.78 is 1.76. The summed E-state index contributed by atoms with van der Waals surface area (Å²) in [7, 11) is 0. The zero-order valence-electron chi connectivity index (χ0n) is 14.7. The van der Waals surface area contributed by atoms with E-state index in [2.05, 4.69) is 25.9 Å². The Labute approximate surface area is 179 Å². The zero-order chi connectivity index (χ0) is 20.0. The van der Waals surface area contributed by atoms with Crippen molar-refractivity contribution in [1.82, 2.24) is 30.2 Å². The molecule has 1 fully saturated rings. The number of para-hydroxylation sites is 1. The van der Waals surface area contributed by atoms with E-state index in [1.807, 2.05) is 36.4 Å². The number of benzene rings is 2. The predicted molar refractivity (Wildman–Crippen MR) is 111 cm³/mol. The molecule has 2 aromatic carbocycles. The first-order chi connectivity index (χ1) is 14.1. The Morgan fingerprint density at radius 2 is 1.86 bits per heavy atom. The van der Waals surface area contributed by atoms with Crippen molar-refractivity contribution >= 4 is 56.6 Å². The van der Waals surface area contributed by atoms with Crippen LogP contribution in [0.1, 0.15) is 16.6 Å². The fourth-order valence-electron chi connectivity index (χ4n) is 3.18. The number of carbonyl (C=O) groups excluding carboxylic acids is 1. The molecule has 29 heavy (non-hydrogen) atoms. The van der Waals surface area contributed by atoms with Crippen molar-refractivity contribution in [3.05, 3.63) is 64.1 Å². The summed E-state index contributed by atoms with van der Waals surface area (Å²) >= 11 is 13.5. The summed E-state index contributed by atoms with van der Waals surface area (Å²) in [6.45, 7) is 0.437. The SMILES string of the molecule is O=C1C(Cl)C(c2ccc(Cl)cc2)N1Nc1nnc(Cn2nnc3ccccc32)s1. The van der Waals surface area contributed by atoms with E-state index in [4.69, 9.17) is 23.2 Å². The lowest BCUT2D eigenvalue weighted by atomic mass is 9.95. The standard InChI is InChI=1S/C18H13Cl2N7OS/c19-11-7-5-10(6-8-11)16-15(20)17(28)27(16)24-18-23-22-14(29-18)9-26-13-4-2-1-3-12(13)21-25-26/h1-8,15-16H,9H2,(H,23,24). The molecule has 3 heterocycles. The molecule has 0 saturated carbocycles. The fourth-order valence-corrected chi connectivity index (χ4v) is 4.39. The number of aromatic nitrogens is 5. The Morgan fingerprint density at radius 1 is 1.07 bits per heavy atom. The van der Waals surface area contributed by atoms with E-state index in [9.17, 15) is 4.79 Å². The van der Waals surface area contributed by atoms with Gasteiger partial charge in [0.1, 0.15) is 21.9 Å². The van der Waals surface area contributed by atoms with Crippen molar-refractivity contribution in [2.24, 2.45) is 0 Å². The number of fused-ring (bicyclic) bond motifs is 1. The smallest absolute Gasteiger partial charge is 0.262 e. The molecule has 2 unspecified atom stereocenters. The number of anilines is 1. The summed E-state index contributed by atoms with van der Waals surface area (Å²) in [6, 6.07) is 14.6. The summed E-state index contributed by atoms with van der Waals surface area (Å²) in [5, 5.41) is 19.3. The second-order valence-electron chi connectivity index (χ2n) is 6.45. The summed E-state index contributed by atoms with van der Waals surface area (Å²) in [5.74, 6) is -0.217. The van der Waals surface area contributed by atoms with Gasteiger partial charge in [-0.3, -0.25) is 10.2 Å². The highest BCUT2D eigenvalue weighted by Crippen LogP contribution is 2.39. The molecule has 1 amide bonds. The number of hydrogen-bond donors (Lipinski definition) is 1. The van der Waals surface area contributed by atoms with Gasteiger partial charge in [-0.2, -0.15) is 0 Å². The molecule has 1 aliphatic rings. The lowest BCUT2D eigenvalue weighted by molar-refractivity contribution is -0.143. The maximum absolute atomic E-state index is 12.3. The molecule has 1 saturated heterocycles. The molecule has 5 rings (SSSR count). The topological polar surface area (TPSA) is 88.8 Å². The van der Waals surface area contributed by atoms with Crippen LogP contribution in [0, 0.1) is 0 Å². The van der Waals surface area contributed by atoms with E-state index in [-0.39, 0.29) is 11.9 Å². The number of hydrazine groups is 1. The molecular formula is C18H13Cl2N7OS. The molecule has 11 heteroatoms. The van der Waals surface area contributed by atoms with E-state index in [0.717, 1.165) is 21.6 Å². The Kier molecular flexibility index (Phi) is 4.57. The van der Waals surface area contributed by atoms with Crippen molar-refractivity contribution < 1.29 is 4.79 Å². The highest BCUT2D eigenvalue weighted by molar-refractivity contribution is 7.15. The van der Waals surface area contributed by atoms with Crippen LogP contribution in [-0.4, -0.2) is 41.5 Å². The Balaban J connectivity index is 1.33. The molecule has 2 atom stereocenters. The number of rotatable bonds is 5. The molecule has 2 aromatic heterocycles. The number of amides is 1. The normalized spacial score (nSPS) is 18.8. The van der Waals surface area contributed by atoms with Crippen molar-refractivity contribution in [2.75, 3.05) is 5.43 Å². The molecule has 1 aliphatic heterocycles. The lowest BCUT2D eigenvalue weighted by Gasteiger charge is -2.43. The van der Waals surface area contributed by atoms with Crippen LogP contribution in [0.3, 0.4) is 0 Å². The number of halogens is 2. The molecule has 8 nitrogen and oxygen atoms in total. The number of carbonyl (C=O) groups is 1. The van der Waals surface area contributed by atoms with E-state index in [0.29, 0.717) is 16.7 Å². The molecular weight excluding hydrogens is 433 g/mol. The van der Waals surface area contributed by atoms with E-state index < -0.39 is 5.38 Å². The van der Waals surface area contributed by atoms with Crippen LogP contribution in [0.2, 0.25) is 5.02 Å². The van der Waals surface area contributed by atoms with Crippen LogP contribution in [0.5, 0.6) is 0 Å². The van der Waals surface area contributed by atoms with Crippen molar-refractivity contribution in [1.29, 1.82) is 0 Å². The monoisotopic (exact) mass is 445 g/mol. The average molecular weight is 446 g/mol. The number of nitrogens with one attached hydrogen (secondary N) is 1. The molecule has 1 N–H and O–H groups in total. The minimum Gasteiger partial charge on any atom is -0.271 e. The first-order valence-corrected chi connectivity index (χ1v) is 10.3. The molecule has 0 aliphatic carbocycles. The van der Waals surface area contributed by atoms with Crippen LogP contribution in [-0.2, 0) is 11.3 Å². The van der Waals surface area contributed by atoms with Gasteiger partial charge in [0.05, 0.1) is 12.1 Å². The lowest BCUT2D eigenvalue weighted by Crippen LogP contribution is -2.58. The van der Waals surface area contributed by atoms with E-state index >= 15 is 0 Å². The maximum Gasteiger partial charge on any atom is 0.262 e. The van der Waals surface area contributed by atoms with Crippen LogP contribution in [0.4, 0.5) is 5.13 Å². The first kappa shape index (κ1) is 18.3. The number of hydrogen-bond acceptors (Lipinski definition) is 7. The summed E-state index contributed by atoms with van der Waals surface area (Å²) in [4.78, 5) is 12.3. The minimum absolute atomic E-state index is 0.217. The van der Waals surface area contributed by atoms with Gasteiger partial charge in [0.15, 0.2) is 0 Å². The third-order valence-electron chi connectivity index (χ3n) is 4.63. The molecule has 0 spiro atoms. The van der Waals surface area contributed by atoms with Crippen molar-refractivity contribution in [3.63, 3.8) is 0 Å². The van der Waals surface area contributed by atoms with Crippen molar-refractivity contribution in [3.8, 4) is 0 Å². The average Bonchev–Trinajstić information content (AvgIpc) is 3.36. The van der Waals surface area contributed by atoms with Gasteiger partial charge in [-0.25, -0.2) is 9.69 Å². The second-order valence-corrected chi connectivity index (χ2v) is 8.42. The molecule has 0 bridgehead atoms.